The van der Waals surface area contributed by atoms with E-state index in [1.807, 2.05) is 12.1 Å². The van der Waals surface area contributed by atoms with Crippen molar-refractivity contribution in [1.82, 2.24) is 15.5 Å². The smallest absolute Gasteiger partial charge is 0.191 e. The predicted octanol–water partition coefficient (Wildman–Crippen LogP) is 1.37. The van der Waals surface area contributed by atoms with E-state index in [0.717, 1.165) is 57.3 Å². The summed E-state index contributed by atoms with van der Waals surface area (Å²) in [6.45, 7) is 4.76. The molecule has 1 aromatic carbocycles. The van der Waals surface area contributed by atoms with Crippen molar-refractivity contribution in [2.24, 2.45) is 4.99 Å². The fourth-order valence-corrected chi connectivity index (χ4v) is 2.38. The Bertz CT molecular complexity index is 552. The Labute approximate surface area is 158 Å². The summed E-state index contributed by atoms with van der Waals surface area (Å²) in [5, 5.41) is 6.67. The van der Waals surface area contributed by atoms with Crippen LogP contribution in [0, 0.1) is 12.3 Å². The third-order valence-corrected chi connectivity index (χ3v) is 3.85. The van der Waals surface area contributed by atoms with Gasteiger partial charge in [-0.2, -0.15) is 0 Å². The lowest BCUT2D eigenvalue weighted by molar-refractivity contribution is 0.180. The van der Waals surface area contributed by atoms with Gasteiger partial charge in [-0.3, -0.25) is 4.99 Å². The zero-order chi connectivity index (χ0) is 19.0. The first-order chi connectivity index (χ1) is 12.7. The molecule has 0 atom stereocenters. The number of methoxy groups -OCH3 is 1. The maximum Gasteiger partial charge on any atom is 0.191 e. The highest BCUT2D eigenvalue weighted by Crippen LogP contribution is 2.12. The van der Waals surface area contributed by atoms with Gasteiger partial charge in [0, 0.05) is 46.9 Å². The number of guanidine groups is 1. The van der Waals surface area contributed by atoms with Gasteiger partial charge in [-0.25, -0.2) is 0 Å². The van der Waals surface area contributed by atoms with Gasteiger partial charge in [0.2, 0.25) is 0 Å². The predicted molar refractivity (Wildman–Crippen MR) is 108 cm³/mol. The highest BCUT2D eigenvalue weighted by molar-refractivity contribution is 5.79. The molecule has 6 nitrogen and oxygen atoms in total. The summed E-state index contributed by atoms with van der Waals surface area (Å²) in [6.07, 6.45) is 7.14. The van der Waals surface area contributed by atoms with Crippen molar-refractivity contribution in [3.63, 3.8) is 0 Å². The minimum atomic E-state index is 0.296. The Kier molecular flexibility index (Phi) is 11.7. The molecule has 0 saturated heterocycles. The second-order valence-electron chi connectivity index (χ2n) is 5.96. The van der Waals surface area contributed by atoms with Crippen LogP contribution in [0.3, 0.4) is 0 Å². The van der Waals surface area contributed by atoms with Gasteiger partial charge in [-0.15, -0.1) is 6.42 Å². The monoisotopic (exact) mass is 360 g/mol. The molecule has 26 heavy (non-hydrogen) atoms. The summed E-state index contributed by atoms with van der Waals surface area (Å²) < 4.78 is 10.4. The molecule has 0 aliphatic carbocycles. The molecule has 2 N–H and O–H groups in total. The van der Waals surface area contributed by atoms with E-state index in [9.17, 15) is 0 Å². The molecular formula is C20H32N4O2. The number of nitrogens with zero attached hydrogens (tertiary/aromatic N) is 2. The molecular weight excluding hydrogens is 328 g/mol. The van der Waals surface area contributed by atoms with Crippen molar-refractivity contribution in [3.8, 4) is 18.1 Å². The van der Waals surface area contributed by atoms with Gasteiger partial charge in [0.25, 0.3) is 0 Å². The van der Waals surface area contributed by atoms with Crippen LogP contribution in [0.2, 0.25) is 0 Å². The van der Waals surface area contributed by atoms with Crippen LogP contribution in [0.25, 0.3) is 0 Å². The molecule has 0 heterocycles. The van der Waals surface area contributed by atoms with Crippen LogP contribution in [0.1, 0.15) is 12.0 Å². The standard InChI is InChI=1S/C20H32N4O2/c1-5-16-26-19-9-7-18(8-10-19)11-12-22-20(21-2)23-13-15-24(3)14-6-17-25-4/h1,7-10H,6,11-17H2,2-4H3,(H2,21,22,23). The van der Waals surface area contributed by atoms with E-state index in [1.165, 1.54) is 5.56 Å². The number of likely N-dealkylation sites (N-methyl/N-ethyl adjacent to an activating group) is 1. The Morgan fingerprint density at radius 1 is 1.19 bits per heavy atom. The molecule has 6 heteroatoms. The number of aliphatic imine (C=N–C) groups is 1. The lowest BCUT2D eigenvalue weighted by Crippen LogP contribution is -2.41. The summed E-state index contributed by atoms with van der Waals surface area (Å²) in [5.74, 6) is 4.08. The van der Waals surface area contributed by atoms with E-state index in [0.29, 0.717) is 6.61 Å². The highest BCUT2D eigenvalue weighted by Gasteiger charge is 2.01. The van der Waals surface area contributed by atoms with Crippen LogP contribution in [0.5, 0.6) is 5.75 Å². The molecule has 0 fully saturated rings. The minimum Gasteiger partial charge on any atom is -0.481 e. The Morgan fingerprint density at radius 2 is 1.92 bits per heavy atom. The van der Waals surface area contributed by atoms with Crippen molar-refractivity contribution in [1.29, 1.82) is 0 Å². The maximum absolute atomic E-state index is 5.37. The van der Waals surface area contributed by atoms with Crippen LogP contribution in [-0.2, 0) is 11.2 Å². The van der Waals surface area contributed by atoms with Crippen molar-refractivity contribution < 1.29 is 9.47 Å². The summed E-state index contributed by atoms with van der Waals surface area (Å²) in [5.41, 5.74) is 1.24. The number of hydrogen-bond donors (Lipinski definition) is 2. The van der Waals surface area contributed by atoms with Crippen LogP contribution in [0.15, 0.2) is 29.3 Å². The van der Waals surface area contributed by atoms with Gasteiger partial charge in [-0.1, -0.05) is 18.1 Å². The van der Waals surface area contributed by atoms with Crippen LogP contribution in [0.4, 0.5) is 0 Å². The van der Waals surface area contributed by atoms with Gasteiger partial charge in [0.1, 0.15) is 12.4 Å². The summed E-state index contributed by atoms with van der Waals surface area (Å²) in [4.78, 5) is 6.54. The molecule has 0 aliphatic heterocycles. The van der Waals surface area contributed by atoms with Gasteiger partial charge < -0.3 is 25.0 Å². The molecule has 0 saturated carbocycles. The third kappa shape index (κ3) is 9.92. The van der Waals surface area contributed by atoms with Crippen molar-refractivity contribution in [2.45, 2.75) is 12.8 Å². The number of rotatable bonds is 12. The molecule has 0 bridgehead atoms. The molecule has 144 valence electrons. The summed E-state index contributed by atoms with van der Waals surface area (Å²) in [6, 6.07) is 8.00. The van der Waals surface area contributed by atoms with E-state index in [-0.39, 0.29) is 0 Å². The SMILES string of the molecule is C#CCOc1ccc(CCNC(=NC)NCCN(C)CCCOC)cc1. The van der Waals surface area contributed by atoms with Crippen molar-refractivity contribution in [2.75, 3.05) is 60.6 Å². The number of nitrogens with one attached hydrogen (secondary N) is 2. The van der Waals surface area contributed by atoms with Crippen LogP contribution in [-0.4, -0.2) is 71.5 Å². The highest BCUT2D eigenvalue weighted by atomic mass is 16.5. The lowest BCUT2D eigenvalue weighted by atomic mass is 10.1. The molecule has 0 spiro atoms. The topological polar surface area (TPSA) is 58.1 Å². The lowest BCUT2D eigenvalue weighted by Gasteiger charge is -2.18. The van der Waals surface area contributed by atoms with Gasteiger partial charge >= 0.3 is 0 Å². The molecule has 0 unspecified atom stereocenters. The Balaban J connectivity index is 2.20. The fraction of sp³-hybridized carbons (Fsp3) is 0.550. The molecule has 0 aromatic heterocycles. The molecule has 0 aliphatic rings. The Hall–Kier alpha value is -2.23. The van der Waals surface area contributed by atoms with E-state index in [2.05, 4.69) is 45.6 Å². The van der Waals surface area contributed by atoms with E-state index in [1.54, 1.807) is 14.2 Å². The third-order valence-electron chi connectivity index (χ3n) is 3.85. The van der Waals surface area contributed by atoms with E-state index >= 15 is 0 Å². The first-order valence-corrected chi connectivity index (χ1v) is 8.96. The van der Waals surface area contributed by atoms with Gasteiger partial charge in [-0.05, 0) is 37.6 Å². The number of benzene rings is 1. The zero-order valence-electron chi connectivity index (χ0n) is 16.3. The van der Waals surface area contributed by atoms with E-state index in [4.69, 9.17) is 15.9 Å². The number of terminal acetylenes is 1. The normalized spacial score (nSPS) is 11.3. The van der Waals surface area contributed by atoms with Crippen LogP contribution < -0.4 is 15.4 Å². The van der Waals surface area contributed by atoms with Gasteiger partial charge in [0.15, 0.2) is 5.96 Å². The summed E-state index contributed by atoms with van der Waals surface area (Å²) in [7, 11) is 5.64. The van der Waals surface area contributed by atoms with Gasteiger partial charge in [0.05, 0.1) is 0 Å². The fourth-order valence-electron chi connectivity index (χ4n) is 2.38. The number of hydrogen-bond acceptors (Lipinski definition) is 4. The number of ether oxygens (including phenoxy) is 2. The Morgan fingerprint density at radius 3 is 2.58 bits per heavy atom. The molecule has 0 radical (unpaired) electrons. The minimum absolute atomic E-state index is 0.296. The molecule has 1 aromatic rings. The largest absolute Gasteiger partial charge is 0.481 e. The second kappa shape index (κ2) is 14.0. The molecule has 0 amide bonds. The average molecular weight is 361 g/mol. The van der Waals surface area contributed by atoms with Crippen molar-refractivity contribution in [3.05, 3.63) is 29.8 Å². The first kappa shape index (κ1) is 21.8. The summed E-state index contributed by atoms with van der Waals surface area (Å²) >= 11 is 0. The second-order valence-corrected chi connectivity index (χ2v) is 5.96. The van der Waals surface area contributed by atoms with E-state index < -0.39 is 0 Å². The average Bonchev–Trinajstić information content (AvgIpc) is 2.66. The van der Waals surface area contributed by atoms with Crippen molar-refractivity contribution >= 4 is 5.96 Å². The quantitative estimate of drug-likeness (QED) is 0.255. The molecule has 1 rings (SSSR count). The first-order valence-electron chi connectivity index (χ1n) is 8.96. The van der Waals surface area contributed by atoms with Crippen LogP contribution >= 0.6 is 0 Å². The zero-order valence-corrected chi connectivity index (χ0v) is 16.3. The maximum atomic E-state index is 5.37.